The second-order valence-electron chi connectivity index (χ2n) is 4.55. The first-order valence-corrected chi connectivity index (χ1v) is 5.90. The Morgan fingerprint density at radius 1 is 1.18 bits per heavy atom. The van der Waals surface area contributed by atoms with E-state index in [-0.39, 0.29) is 17.1 Å². The standard InChI is InChI=1S/C14H13NO2/c16-13-7-3-5-10(13)12-8-14(17)9-4-1-2-6-11(9)15-12/h1-2,4,6,8,10H,3,5,7H2,(H,15,17). The van der Waals surface area contributed by atoms with Crippen LogP contribution in [0.25, 0.3) is 10.9 Å². The van der Waals surface area contributed by atoms with E-state index in [2.05, 4.69) is 4.98 Å². The van der Waals surface area contributed by atoms with Gasteiger partial charge in [0.15, 0.2) is 5.43 Å². The Labute approximate surface area is 98.5 Å². The summed E-state index contributed by atoms with van der Waals surface area (Å²) in [4.78, 5) is 26.9. The molecule has 1 saturated carbocycles. The molecule has 1 aromatic carbocycles. The fraction of sp³-hybridized carbons (Fsp3) is 0.286. The molecule has 0 amide bonds. The summed E-state index contributed by atoms with van der Waals surface area (Å²) in [7, 11) is 0. The summed E-state index contributed by atoms with van der Waals surface area (Å²) in [5, 5.41) is 0.682. The Morgan fingerprint density at radius 3 is 2.76 bits per heavy atom. The van der Waals surface area contributed by atoms with Gasteiger partial charge < -0.3 is 4.98 Å². The third-order valence-corrected chi connectivity index (χ3v) is 3.44. The van der Waals surface area contributed by atoms with E-state index < -0.39 is 0 Å². The minimum Gasteiger partial charge on any atom is -0.358 e. The molecule has 1 aliphatic carbocycles. The molecular weight excluding hydrogens is 214 g/mol. The quantitative estimate of drug-likeness (QED) is 0.813. The average molecular weight is 227 g/mol. The van der Waals surface area contributed by atoms with Crippen molar-refractivity contribution in [2.24, 2.45) is 0 Å². The minimum absolute atomic E-state index is 0.00551. The number of Topliss-reactive ketones (excluding diaryl/α,β-unsaturated/α-hetero) is 1. The van der Waals surface area contributed by atoms with Crippen molar-refractivity contribution in [2.75, 3.05) is 0 Å². The maximum Gasteiger partial charge on any atom is 0.189 e. The molecule has 0 aliphatic heterocycles. The van der Waals surface area contributed by atoms with E-state index in [0.717, 1.165) is 24.1 Å². The summed E-state index contributed by atoms with van der Waals surface area (Å²) in [6.07, 6.45) is 2.42. The molecule has 3 nitrogen and oxygen atoms in total. The van der Waals surface area contributed by atoms with E-state index in [1.807, 2.05) is 18.2 Å². The zero-order valence-electron chi connectivity index (χ0n) is 9.40. The van der Waals surface area contributed by atoms with Crippen LogP contribution in [0, 0.1) is 0 Å². The van der Waals surface area contributed by atoms with Gasteiger partial charge in [0.25, 0.3) is 0 Å². The maximum atomic E-state index is 11.9. The minimum atomic E-state index is -0.104. The first kappa shape index (κ1) is 10.3. The van der Waals surface area contributed by atoms with Crippen LogP contribution >= 0.6 is 0 Å². The third-order valence-electron chi connectivity index (χ3n) is 3.44. The van der Waals surface area contributed by atoms with Gasteiger partial charge in [-0.15, -0.1) is 0 Å². The number of rotatable bonds is 1. The summed E-state index contributed by atoms with van der Waals surface area (Å²) in [6.45, 7) is 0. The normalized spacial score (nSPS) is 20.0. The number of carbonyl (C=O) groups excluding carboxylic acids is 1. The molecule has 1 N–H and O–H groups in total. The van der Waals surface area contributed by atoms with Crippen LogP contribution in [0.4, 0.5) is 0 Å². The molecule has 86 valence electrons. The molecule has 1 fully saturated rings. The van der Waals surface area contributed by atoms with Gasteiger partial charge in [0.05, 0.1) is 5.92 Å². The molecule has 0 radical (unpaired) electrons. The Bertz CT molecular complexity index is 642. The van der Waals surface area contributed by atoms with Crippen LogP contribution in [0.2, 0.25) is 0 Å². The molecule has 2 aromatic rings. The van der Waals surface area contributed by atoms with Crippen molar-refractivity contribution in [1.82, 2.24) is 4.98 Å². The molecule has 1 atom stereocenters. The van der Waals surface area contributed by atoms with Crippen molar-refractivity contribution in [3.8, 4) is 0 Å². The summed E-state index contributed by atoms with van der Waals surface area (Å²) in [6, 6.07) is 8.99. The van der Waals surface area contributed by atoms with Crippen molar-refractivity contribution < 1.29 is 4.79 Å². The lowest BCUT2D eigenvalue weighted by Gasteiger charge is -2.09. The zero-order chi connectivity index (χ0) is 11.8. The summed E-state index contributed by atoms with van der Waals surface area (Å²) in [5.74, 6) is 0.142. The molecule has 0 saturated heterocycles. The number of aromatic amines is 1. The fourth-order valence-corrected chi connectivity index (χ4v) is 2.55. The number of hydrogen-bond donors (Lipinski definition) is 1. The van der Waals surface area contributed by atoms with Gasteiger partial charge in [-0.3, -0.25) is 9.59 Å². The highest BCUT2D eigenvalue weighted by atomic mass is 16.1. The number of para-hydroxylation sites is 1. The molecule has 1 heterocycles. The molecule has 0 bridgehead atoms. The lowest BCUT2D eigenvalue weighted by molar-refractivity contribution is -0.118. The Balaban J connectivity index is 2.18. The number of pyridine rings is 1. The zero-order valence-corrected chi connectivity index (χ0v) is 9.40. The van der Waals surface area contributed by atoms with Gasteiger partial charge in [-0.05, 0) is 25.0 Å². The number of fused-ring (bicyclic) bond motifs is 1. The second-order valence-corrected chi connectivity index (χ2v) is 4.55. The van der Waals surface area contributed by atoms with Gasteiger partial charge in [0, 0.05) is 29.1 Å². The highest BCUT2D eigenvalue weighted by Gasteiger charge is 2.26. The van der Waals surface area contributed by atoms with Gasteiger partial charge in [-0.25, -0.2) is 0 Å². The van der Waals surface area contributed by atoms with Crippen LogP contribution in [-0.2, 0) is 4.79 Å². The predicted molar refractivity (Wildman–Crippen MR) is 66.2 cm³/mol. The molecule has 1 aliphatic rings. The van der Waals surface area contributed by atoms with Crippen LogP contribution < -0.4 is 5.43 Å². The number of ketones is 1. The monoisotopic (exact) mass is 227 g/mol. The van der Waals surface area contributed by atoms with E-state index in [1.54, 1.807) is 12.1 Å². The van der Waals surface area contributed by atoms with Crippen molar-refractivity contribution in [3.63, 3.8) is 0 Å². The van der Waals surface area contributed by atoms with Crippen LogP contribution in [0.15, 0.2) is 35.1 Å². The highest BCUT2D eigenvalue weighted by Crippen LogP contribution is 2.29. The van der Waals surface area contributed by atoms with Gasteiger partial charge in [-0.2, -0.15) is 0 Å². The predicted octanol–water partition coefficient (Wildman–Crippen LogP) is 2.36. The first-order chi connectivity index (χ1) is 8.25. The smallest absolute Gasteiger partial charge is 0.189 e. The Morgan fingerprint density at radius 2 is 2.00 bits per heavy atom. The highest BCUT2D eigenvalue weighted by molar-refractivity contribution is 5.88. The van der Waals surface area contributed by atoms with Crippen LogP contribution in [0.1, 0.15) is 30.9 Å². The van der Waals surface area contributed by atoms with Crippen molar-refractivity contribution in [1.29, 1.82) is 0 Å². The van der Waals surface area contributed by atoms with Gasteiger partial charge in [0.2, 0.25) is 0 Å². The molecule has 17 heavy (non-hydrogen) atoms. The van der Waals surface area contributed by atoms with Gasteiger partial charge in [-0.1, -0.05) is 12.1 Å². The Hall–Kier alpha value is -1.90. The number of carbonyl (C=O) groups is 1. The van der Waals surface area contributed by atoms with Crippen LogP contribution in [0.5, 0.6) is 0 Å². The number of benzene rings is 1. The number of aromatic nitrogens is 1. The lowest BCUT2D eigenvalue weighted by atomic mass is 10.0. The molecule has 1 aromatic heterocycles. The number of nitrogens with one attached hydrogen (secondary N) is 1. The summed E-state index contributed by atoms with van der Waals surface area (Å²) in [5.41, 5.74) is 1.58. The molecule has 1 unspecified atom stereocenters. The molecule has 0 spiro atoms. The van der Waals surface area contributed by atoms with E-state index >= 15 is 0 Å². The SMILES string of the molecule is O=C1CCCC1c1cc(=O)c2ccccc2[nH]1. The van der Waals surface area contributed by atoms with E-state index in [0.29, 0.717) is 11.8 Å². The van der Waals surface area contributed by atoms with Crippen molar-refractivity contribution in [3.05, 3.63) is 46.2 Å². The summed E-state index contributed by atoms with van der Waals surface area (Å²) >= 11 is 0. The summed E-state index contributed by atoms with van der Waals surface area (Å²) < 4.78 is 0. The number of hydrogen-bond acceptors (Lipinski definition) is 2. The van der Waals surface area contributed by atoms with E-state index in [4.69, 9.17) is 0 Å². The lowest BCUT2D eigenvalue weighted by Crippen LogP contribution is -2.11. The third kappa shape index (κ3) is 1.68. The first-order valence-electron chi connectivity index (χ1n) is 5.90. The van der Waals surface area contributed by atoms with Crippen LogP contribution in [-0.4, -0.2) is 10.8 Å². The molecule has 3 rings (SSSR count). The van der Waals surface area contributed by atoms with E-state index in [1.165, 1.54) is 0 Å². The fourth-order valence-electron chi connectivity index (χ4n) is 2.55. The van der Waals surface area contributed by atoms with Gasteiger partial charge >= 0.3 is 0 Å². The van der Waals surface area contributed by atoms with Gasteiger partial charge in [0.1, 0.15) is 5.78 Å². The Kier molecular flexibility index (Phi) is 2.32. The van der Waals surface area contributed by atoms with E-state index in [9.17, 15) is 9.59 Å². The average Bonchev–Trinajstić information content (AvgIpc) is 2.75. The molecular formula is C14H13NO2. The van der Waals surface area contributed by atoms with Crippen LogP contribution in [0.3, 0.4) is 0 Å². The topological polar surface area (TPSA) is 49.9 Å². The van der Waals surface area contributed by atoms with Crippen molar-refractivity contribution in [2.45, 2.75) is 25.2 Å². The van der Waals surface area contributed by atoms with Crippen molar-refractivity contribution >= 4 is 16.7 Å². The largest absolute Gasteiger partial charge is 0.358 e. The maximum absolute atomic E-state index is 11.9. The molecule has 3 heteroatoms. The second kappa shape index (κ2) is 3.84. The number of H-pyrrole nitrogens is 1.